The summed E-state index contributed by atoms with van der Waals surface area (Å²) in [6.45, 7) is 0.553. The van der Waals surface area contributed by atoms with Crippen molar-refractivity contribution in [3.8, 4) is 0 Å². The molecule has 0 aromatic heterocycles. The van der Waals surface area contributed by atoms with E-state index < -0.39 is 16.5 Å². The lowest BCUT2D eigenvalue weighted by Gasteiger charge is -2.37. The summed E-state index contributed by atoms with van der Waals surface area (Å²) < 4.78 is 36.5. The molecule has 3 aliphatic heterocycles. The molecule has 23 heavy (non-hydrogen) atoms. The SMILES string of the molecule is O=S(=O)(O)OC1CN2C3CC[C@H]2C[C@H](c2ccc(Cl)c(Cl)c2)[C@H]13. The van der Waals surface area contributed by atoms with Gasteiger partial charge in [0.2, 0.25) is 0 Å². The lowest BCUT2D eigenvalue weighted by molar-refractivity contribution is 0.122. The molecule has 0 radical (unpaired) electrons. The summed E-state index contributed by atoms with van der Waals surface area (Å²) in [6, 6.07) is 6.34. The van der Waals surface area contributed by atoms with Gasteiger partial charge in [-0.25, -0.2) is 4.18 Å². The Kier molecular flexibility index (Phi) is 3.91. The van der Waals surface area contributed by atoms with Crippen LogP contribution in [-0.4, -0.2) is 42.6 Å². The van der Waals surface area contributed by atoms with Crippen LogP contribution in [0.5, 0.6) is 0 Å². The summed E-state index contributed by atoms with van der Waals surface area (Å²) in [6.07, 6.45) is 2.60. The Morgan fingerprint density at radius 2 is 2.00 bits per heavy atom. The second-order valence-electron chi connectivity index (χ2n) is 6.65. The quantitative estimate of drug-likeness (QED) is 0.819. The predicted octanol–water partition coefficient (Wildman–Crippen LogP) is 3.13. The van der Waals surface area contributed by atoms with Crippen LogP contribution in [0, 0.1) is 5.92 Å². The van der Waals surface area contributed by atoms with Gasteiger partial charge in [-0.1, -0.05) is 29.3 Å². The molecular weight excluding hydrogens is 361 g/mol. The van der Waals surface area contributed by atoms with E-state index in [4.69, 9.17) is 31.9 Å². The molecule has 3 fully saturated rings. The molecule has 126 valence electrons. The van der Waals surface area contributed by atoms with E-state index in [1.54, 1.807) is 6.07 Å². The fourth-order valence-electron chi connectivity index (χ4n) is 4.82. The highest BCUT2D eigenvalue weighted by molar-refractivity contribution is 7.80. The van der Waals surface area contributed by atoms with Crippen molar-refractivity contribution in [2.24, 2.45) is 5.92 Å². The van der Waals surface area contributed by atoms with Gasteiger partial charge in [-0.3, -0.25) is 9.45 Å². The fraction of sp³-hybridized carbons (Fsp3) is 0.600. The lowest BCUT2D eigenvalue weighted by Crippen LogP contribution is -2.41. The Morgan fingerprint density at radius 3 is 2.70 bits per heavy atom. The molecule has 1 N–H and O–H groups in total. The molecule has 8 heteroatoms. The fourth-order valence-corrected chi connectivity index (χ4v) is 5.63. The third-order valence-corrected chi connectivity index (χ3v) is 6.79. The van der Waals surface area contributed by atoms with Crippen LogP contribution in [0.1, 0.15) is 30.7 Å². The summed E-state index contributed by atoms with van der Waals surface area (Å²) in [5.41, 5.74) is 1.06. The van der Waals surface area contributed by atoms with E-state index >= 15 is 0 Å². The molecule has 0 saturated carbocycles. The Balaban J connectivity index is 1.70. The van der Waals surface area contributed by atoms with E-state index in [-0.39, 0.29) is 11.8 Å². The van der Waals surface area contributed by atoms with Crippen molar-refractivity contribution >= 4 is 33.6 Å². The molecule has 0 amide bonds. The van der Waals surface area contributed by atoms with Crippen LogP contribution in [0.3, 0.4) is 0 Å². The van der Waals surface area contributed by atoms with Gasteiger partial charge in [0.1, 0.15) is 0 Å². The van der Waals surface area contributed by atoms with Crippen molar-refractivity contribution in [1.29, 1.82) is 0 Å². The minimum absolute atomic E-state index is 0.0351. The summed E-state index contributed by atoms with van der Waals surface area (Å²) in [5.74, 6) is 0.195. The third-order valence-electron chi connectivity index (χ3n) is 5.56. The number of hydrogen-bond acceptors (Lipinski definition) is 4. The van der Waals surface area contributed by atoms with Gasteiger partial charge < -0.3 is 0 Å². The highest BCUT2D eigenvalue weighted by Gasteiger charge is 2.57. The van der Waals surface area contributed by atoms with E-state index in [1.165, 1.54) is 0 Å². The standard InChI is InChI=1S/C15H17Cl2NO4S/c16-11-3-1-8(5-12(11)17)10-6-9-2-4-13-15(10)14(7-18(9)13)22-23(19,20)21/h1,3,5,9-10,13-15H,2,4,6-7H2,(H,19,20,21)/t9-,10+,13?,14?,15-/m0/s1. The van der Waals surface area contributed by atoms with Crippen LogP contribution in [-0.2, 0) is 14.6 Å². The lowest BCUT2D eigenvalue weighted by atomic mass is 9.77. The van der Waals surface area contributed by atoms with Crippen LogP contribution >= 0.6 is 23.2 Å². The molecule has 0 aliphatic carbocycles. The molecule has 4 bridgehead atoms. The average molecular weight is 378 g/mol. The smallest absolute Gasteiger partial charge is 0.294 e. The Morgan fingerprint density at radius 1 is 1.22 bits per heavy atom. The number of nitrogens with zero attached hydrogens (tertiary/aromatic N) is 1. The molecule has 4 rings (SSSR count). The maximum Gasteiger partial charge on any atom is 0.397 e. The molecule has 3 saturated heterocycles. The molecule has 6 atom stereocenters. The maximum atomic E-state index is 11.2. The van der Waals surface area contributed by atoms with Crippen molar-refractivity contribution in [2.45, 2.75) is 43.4 Å². The predicted molar refractivity (Wildman–Crippen MR) is 87.2 cm³/mol. The zero-order valence-electron chi connectivity index (χ0n) is 12.2. The first-order chi connectivity index (χ1) is 10.8. The van der Waals surface area contributed by atoms with Gasteiger partial charge in [-0.2, -0.15) is 8.42 Å². The Hall–Kier alpha value is -0.370. The van der Waals surface area contributed by atoms with Crippen molar-refractivity contribution in [2.75, 3.05) is 6.54 Å². The highest BCUT2D eigenvalue weighted by atomic mass is 35.5. The minimum Gasteiger partial charge on any atom is -0.294 e. The number of halogens is 2. The second-order valence-corrected chi connectivity index (χ2v) is 8.51. The average Bonchev–Trinajstić information content (AvgIpc) is 2.86. The molecule has 3 unspecified atom stereocenters. The summed E-state index contributed by atoms with van der Waals surface area (Å²) in [7, 11) is -4.46. The van der Waals surface area contributed by atoms with Crippen molar-refractivity contribution in [3.05, 3.63) is 33.8 Å². The largest absolute Gasteiger partial charge is 0.397 e. The molecule has 3 aliphatic rings. The normalized spacial score (nSPS) is 38.9. The van der Waals surface area contributed by atoms with Gasteiger partial charge in [-0.05, 0) is 42.9 Å². The second kappa shape index (κ2) is 5.58. The van der Waals surface area contributed by atoms with Gasteiger partial charge in [0, 0.05) is 24.5 Å². The van der Waals surface area contributed by atoms with E-state index in [0.29, 0.717) is 28.7 Å². The number of hydrogen-bond donors (Lipinski definition) is 1. The Labute approximate surface area is 145 Å². The van der Waals surface area contributed by atoms with Gasteiger partial charge in [0.25, 0.3) is 0 Å². The van der Waals surface area contributed by atoms with Crippen LogP contribution in [0.25, 0.3) is 0 Å². The first-order valence-electron chi connectivity index (χ1n) is 7.70. The molecule has 5 nitrogen and oxygen atoms in total. The molecule has 3 heterocycles. The molecule has 0 spiro atoms. The number of piperidine rings is 1. The highest BCUT2D eigenvalue weighted by Crippen LogP contribution is 2.53. The first-order valence-corrected chi connectivity index (χ1v) is 9.82. The van der Waals surface area contributed by atoms with Gasteiger partial charge in [-0.15, -0.1) is 0 Å². The first kappa shape index (κ1) is 16.1. The van der Waals surface area contributed by atoms with Gasteiger partial charge in [0.05, 0.1) is 16.1 Å². The molecular formula is C15H17Cl2NO4S. The zero-order chi connectivity index (χ0) is 16.4. The number of benzene rings is 1. The van der Waals surface area contributed by atoms with E-state index in [1.807, 2.05) is 12.1 Å². The summed E-state index contributed by atoms with van der Waals surface area (Å²) >= 11 is 12.2. The monoisotopic (exact) mass is 377 g/mol. The summed E-state index contributed by atoms with van der Waals surface area (Å²) in [5, 5.41) is 1.01. The number of rotatable bonds is 3. The zero-order valence-corrected chi connectivity index (χ0v) is 14.6. The van der Waals surface area contributed by atoms with Crippen LogP contribution in [0.2, 0.25) is 10.0 Å². The molecule has 1 aromatic rings. The van der Waals surface area contributed by atoms with Crippen molar-refractivity contribution < 1.29 is 17.2 Å². The third kappa shape index (κ3) is 2.79. The minimum atomic E-state index is -4.46. The van der Waals surface area contributed by atoms with E-state index in [2.05, 4.69) is 4.90 Å². The summed E-state index contributed by atoms with van der Waals surface area (Å²) in [4.78, 5) is 2.34. The maximum absolute atomic E-state index is 11.2. The Bertz CT molecular complexity index is 741. The van der Waals surface area contributed by atoms with Crippen LogP contribution in [0.4, 0.5) is 0 Å². The topological polar surface area (TPSA) is 66.8 Å². The van der Waals surface area contributed by atoms with E-state index in [0.717, 1.165) is 24.8 Å². The van der Waals surface area contributed by atoms with Gasteiger partial charge in [0.15, 0.2) is 0 Å². The molecule has 1 aromatic carbocycles. The van der Waals surface area contributed by atoms with Crippen molar-refractivity contribution in [3.63, 3.8) is 0 Å². The van der Waals surface area contributed by atoms with Gasteiger partial charge >= 0.3 is 10.4 Å². The van der Waals surface area contributed by atoms with Crippen LogP contribution < -0.4 is 0 Å². The van der Waals surface area contributed by atoms with E-state index in [9.17, 15) is 8.42 Å². The van der Waals surface area contributed by atoms with Crippen molar-refractivity contribution in [1.82, 2.24) is 4.90 Å². The van der Waals surface area contributed by atoms with Crippen LogP contribution in [0.15, 0.2) is 18.2 Å².